The second kappa shape index (κ2) is 9.56. The highest BCUT2D eigenvalue weighted by atomic mass is 16.5. The zero-order valence-electron chi connectivity index (χ0n) is 17.0. The Hall–Kier alpha value is -2.87. The van der Waals surface area contributed by atoms with E-state index in [4.69, 9.17) is 4.74 Å². The molecule has 2 aliphatic rings. The Balaban J connectivity index is 1.27. The second-order valence-corrected chi connectivity index (χ2v) is 7.19. The molecule has 1 N–H and O–H groups in total. The molecule has 0 unspecified atom stereocenters. The van der Waals surface area contributed by atoms with E-state index in [9.17, 15) is 0 Å². The summed E-state index contributed by atoms with van der Waals surface area (Å²) in [6.07, 6.45) is 3.58. The zero-order chi connectivity index (χ0) is 19.9. The van der Waals surface area contributed by atoms with Crippen molar-refractivity contribution in [2.24, 2.45) is 4.99 Å². The molecule has 0 spiro atoms. The van der Waals surface area contributed by atoms with Gasteiger partial charge in [-0.2, -0.15) is 0 Å². The van der Waals surface area contributed by atoms with Gasteiger partial charge in [-0.05, 0) is 23.8 Å². The van der Waals surface area contributed by atoms with Crippen molar-refractivity contribution in [2.75, 3.05) is 69.3 Å². The Kier molecular flexibility index (Phi) is 6.41. The van der Waals surface area contributed by atoms with E-state index in [1.807, 2.05) is 13.1 Å². The maximum absolute atomic E-state index is 5.43. The van der Waals surface area contributed by atoms with E-state index in [0.717, 1.165) is 70.9 Å². The van der Waals surface area contributed by atoms with Gasteiger partial charge in [-0.15, -0.1) is 0 Å². The number of piperazine rings is 1. The number of nitrogens with one attached hydrogen (secondary N) is 1. The summed E-state index contributed by atoms with van der Waals surface area (Å²) in [5.41, 5.74) is 2.51. The number of benzene rings is 1. The van der Waals surface area contributed by atoms with E-state index < -0.39 is 0 Å². The first-order valence-electron chi connectivity index (χ1n) is 10.2. The van der Waals surface area contributed by atoms with E-state index in [0.29, 0.717) is 0 Å². The molecule has 3 heterocycles. The summed E-state index contributed by atoms with van der Waals surface area (Å²) in [7, 11) is 1.84. The molecule has 8 nitrogen and oxygen atoms in total. The first-order valence-corrected chi connectivity index (χ1v) is 10.2. The lowest BCUT2D eigenvalue weighted by Crippen LogP contribution is -2.52. The van der Waals surface area contributed by atoms with Gasteiger partial charge in [0.1, 0.15) is 0 Å². The summed E-state index contributed by atoms with van der Waals surface area (Å²) < 4.78 is 5.43. The van der Waals surface area contributed by atoms with E-state index in [1.165, 1.54) is 11.3 Å². The Morgan fingerprint density at radius 2 is 1.66 bits per heavy atom. The van der Waals surface area contributed by atoms with Gasteiger partial charge in [-0.3, -0.25) is 4.99 Å². The van der Waals surface area contributed by atoms with Crippen LogP contribution >= 0.6 is 0 Å². The molecule has 1 aromatic carbocycles. The van der Waals surface area contributed by atoms with Crippen LogP contribution in [0.3, 0.4) is 0 Å². The molecule has 0 aliphatic carbocycles. The van der Waals surface area contributed by atoms with Crippen LogP contribution in [0, 0.1) is 0 Å². The monoisotopic (exact) mass is 395 g/mol. The molecule has 4 rings (SSSR count). The summed E-state index contributed by atoms with van der Waals surface area (Å²) in [5, 5.41) is 3.50. The topological polar surface area (TPSA) is 69.1 Å². The number of aliphatic imine (C=N–C) groups is 1. The molecule has 29 heavy (non-hydrogen) atoms. The number of morpholine rings is 1. The fourth-order valence-electron chi connectivity index (χ4n) is 3.73. The molecule has 2 saturated heterocycles. The number of rotatable bonds is 4. The molecular formula is C21H29N7O. The highest BCUT2D eigenvalue weighted by molar-refractivity contribution is 5.80. The lowest BCUT2D eigenvalue weighted by atomic mass is 10.2. The van der Waals surface area contributed by atoms with Crippen LogP contribution in [0.15, 0.2) is 47.7 Å². The molecule has 8 heteroatoms. The quantitative estimate of drug-likeness (QED) is 0.616. The molecule has 2 aromatic rings. The van der Waals surface area contributed by atoms with Gasteiger partial charge in [0.2, 0.25) is 5.95 Å². The van der Waals surface area contributed by atoms with Gasteiger partial charge in [0.25, 0.3) is 0 Å². The molecule has 2 fully saturated rings. The highest BCUT2D eigenvalue weighted by Crippen LogP contribution is 2.17. The van der Waals surface area contributed by atoms with Gasteiger partial charge < -0.3 is 24.8 Å². The Morgan fingerprint density at radius 3 is 2.31 bits per heavy atom. The van der Waals surface area contributed by atoms with Gasteiger partial charge in [0.15, 0.2) is 5.96 Å². The Labute approximate surface area is 172 Å². The molecule has 154 valence electrons. The van der Waals surface area contributed by atoms with Crippen LogP contribution in [0.1, 0.15) is 5.56 Å². The molecule has 0 saturated carbocycles. The summed E-state index contributed by atoms with van der Waals surface area (Å²) in [6.45, 7) is 7.87. The van der Waals surface area contributed by atoms with Crippen molar-refractivity contribution in [1.82, 2.24) is 20.2 Å². The third-order valence-corrected chi connectivity index (χ3v) is 5.39. The van der Waals surface area contributed by atoms with Gasteiger partial charge >= 0.3 is 0 Å². The SMILES string of the molecule is CN=C(NCc1ccc(N2CCOCC2)cc1)N1CCN(c2ncccn2)CC1. The number of ether oxygens (including phenoxy) is 1. The number of nitrogens with zero attached hydrogens (tertiary/aromatic N) is 6. The molecule has 0 bridgehead atoms. The summed E-state index contributed by atoms with van der Waals surface area (Å²) in [5.74, 6) is 1.74. The van der Waals surface area contributed by atoms with E-state index in [1.54, 1.807) is 12.4 Å². The number of hydrogen-bond acceptors (Lipinski definition) is 6. The van der Waals surface area contributed by atoms with Crippen molar-refractivity contribution >= 4 is 17.6 Å². The van der Waals surface area contributed by atoms with Crippen molar-refractivity contribution in [3.8, 4) is 0 Å². The number of aromatic nitrogens is 2. The van der Waals surface area contributed by atoms with Crippen LogP contribution in [-0.4, -0.2) is 80.4 Å². The number of hydrogen-bond donors (Lipinski definition) is 1. The standard InChI is InChI=1S/C21H29N7O/c1-22-20(27-9-11-28(12-10-27)21-23-7-2-8-24-21)25-17-18-3-5-19(6-4-18)26-13-15-29-16-14-26/h2-8H,9-17H2,1H3,(H,22,25). The number of anilines is 2. The Bertz CT molecular complexity index is 782. The molecule has 2 aliphatic heterocycles. The van der Waals surface area contributed by atoms with Crippen LogP contribution in [-0.2, 0) is 11.3 Å². The summed E-state index contributed by atoms with van der Waals surface area (Å²) >= 11 is 0. The van der Waals surface area contributed by atoms with Crippen LogP contribution in [0.2, 0.25) is 0 Å². The normalized spacial score (nSPS) is 18.1. The number of guanidine groups is 1. The van der Waals surface area contributed by atoms with Gasteiger partial charge in [-0.25, -0.2) is 9.97 Å². The van der Waals surface area contributed by atoms with Gasteiger partial charge in [-0.1, -0.05) is 12.1 Å². The minimum atomic E-state index is 0.762. The zero-order valence-corrected chi connectivity index (χ0v) is 17.0. The first-order chi connectivity index (χ1) is 14.3. The summed E-state index contributed by atoms with van der Waals surface area (Å²) in [6, 6.07) is 10.6. The first kappa shape index (κ1) is 19.4. The fraction of sp³-hybridized carbons (Fsp3) is 0.476. The molecule has 0 atom stereocenters. The average Bonchev–Trinajstić information content (AvgIpc) is 2.81. The van der Waals surface area contributed by atoms with Crippen LogP contribution in [0.4, 0.5) is 11.6 Å². The van der Waals surface area contributed by atoms with Crippen LogP contribution < -0.4 is 15.1 Å². The van der Waals surface area contributed by atoms with Gasteiger partial charge in [0, 0.05) is 70.9 Å². The largest absolute Gasteiger partial charge is 0.378 e. The van der Waals surface area contributed by atoms with Crippen molar-refractivity contribution < 1.29 is 4.74 Å². The second-order valence-electron chi connectivity index (χ2n) is 7.19. The van der Waals surface area contributed by atoms with Gasteiger partial charge in [0.05, 0.1) is 13.2 Å². The Morgan fingerprint density at radius 1 is 0.966 bits per heavy atom. The van der Waals surface area contributed by atoms with Crippen molar-refractivity contribution in [3.05, 3.63) is 48.3 Å². The lowest BCUT2D eigenvalue weighted by Gasteiger charge is -2.36. The van der Waals surface area contributed by atoms with E-state index in [-0.39, 0.29) is 0 Å². The minimum absolute atomic E-state index is 0.762. The lowest BCUT2D eigenvalue weighted by molar-refractivity contribution is 0.122. The average molecular weight is 396 g/mol. The summed E-state index contributed by atoms with van der Waals surface area (Å²) in [4.78, 5) is 20.1. The van der Waals surface area contributed by atoms with Crippen LogP contribution in [0.5, 0.6) is 0 Å². The maximum atomic E-state index is 5.43. The minimum Gasteiger partial charge on any atom is -0.378 e. The molecular weight excluding hydrogens is 366 g/mol. The molecule has 0 amide bonds. The van der Waals surface area contributed by atoms with Crippen molar-refractivity contribution in [2.45, 2.75) is 6.54 Å². The predicted octanol–water partition coefficient (Wildman–Crippen LogP) is 1.21. The smallest absolute Gasteiger partial charge is 0.225 e. The van der Waals surface area contributed by atoms with E-state index >= 15 is 0 Å². The van der Waals surface area contributed by atoms with Crippen molar-refractivity contribution in [3.63, 3.8) is 0 Å². The fourth-order valence-corrected chi connectivity index (χ4v) is 3.73. The van der Waals surface area contributed by atoms with Crippen molar-refractivity contribution in [1.29, 1.82) is 0 Å². The third kappa shape index (κ3) is 4.95. The predicted molar refractivity (Wildman–Crippen MR) is 115 cm³/mol. The molecule has 0 radical (unpaired) electrons. The van der Waals surface area contributed by atoms with E-state index in [2.05, 4.69) is 59.2 Å². The third-order valence-electron chi connectivity index (χ3n) is 5.39. The highest BCUT2D eigenvalue weighted by Gasteiger charge is 2.21. The van der Waals surface area contributed by atoms with Crippen LogP contribution in [0.25, 0.3) is 0 Å². The maximum Gasteiger partial charge on any atom is 0.225 e. The molecule has 1 aromatic heterocycles.